The molecule has 5 nitrogen and oxygen atoms in total. The standard InChI is InChI=1S/C24H29F3NO4P/c25-24(26,27)21-14-18(11-12-23(28,15-29)16-32-33-30)5-10-22(21)31-13-1-2-17-3-6-19(7-4-17)20-8-9-20/h3-7,10,14,20,29H,1-2,8-9,11-13,15-16,28H2. The second kappa shape index (κ2) is 11.4. The van der Waals surface area contributed by atoms with Crippen LogP contribution >= 0.6 is 8.69 Å². The molecule has 1 fully saturated rings. The third-order valence-electron chi connectivity index (χ3n) is 5.88. The fourth-order valence-electron chi connectivity index (χ4n) is 3.66. The number of aryl methyl sites for hydroxylation is 2. The van der Waals surface area contributed by atoms with Gasteiger partial charge in [-0.3, -0.25) is 4.52 Å². The Labute approximate surface area is 193 Å². The summed E-state index contributed by atoms with van der Waals surface area (Å²) in [6.07, 6.45) is -0.380. The molecule has 33 heavy (non-hydrogen) atoms. The van der Waals surface area contributed by atoms with Crippen molar-refractivity contribution in [1.29, 1.82) is 0 Å². The molecule has 1 unspecified atom stereocenters. The predicted molar refractivity (Wildman–Crippen MR) is 120 cm³/mol. The number of rotatable bonds is 13. The Bertz CT molecular complexity index is 919. The van der Waals surface area contributed by atoms with Crippen LogP contribution in [0, 0.1) is 0 Å². The summed E-state index contributed by atoms with van der Waals surface area (Å²) in [7, 11) is -0.571. The zero-order valence-corrected chi connectivity index (χ0v) is 19.2. The van der Waals surface area contributed by atoms with Crippen LogP contribution in [-0.4, -0.2) is 30.5 Å². The molecule has 0 aromatic heterocycles. The highest BCUT2D eigenvalue weighted by Gasteiger charge is 2.35. The van der Waals surface area contributed by atoms with Crippen molar-refractivity contribution < 1.29 is 32.1 Å². The number of alkyl halides is 3. The van der Waals surface area contributed by atoms with Crippen molar-refractivity contribution in [3.8, 4) is 5.75 Å². The molecule has 0 aliphatic heterocycles. The molecular formula is C24H29F3NO4P. The van der Waals surface area contributed by atoms with Crippen molar-refractivity contribution in [3.63, 3.8) is 0 Å². The van der Waals surface area contributed by atoms with E-state index in [2.05, 4.69) is 24.3 Å². The van der Waals surface area contributed by atoms with Gasteiger partial charge in [-0.05, 0) is 73.3 Å². The quantitative estimate of drug-likeness (QED) is 0.293. The van der Waals surface area contributed by atoms with Gasteiger partial charge in [0.05, 0.1) is 30.9 Å². The van der Waals surface area contributed by atoms with E-state index in [0.29, 0.717) is 17.9 Å². The Kier molecular flexibility index (Phi) is 8.88. The van der Waals surface area contributed by atoms with E-state index in [4.69, 9.17) is 15.0 Å². The molecule has 0 radical (unpaired) electrons. The molecule has 1 atom stereocenters. The van der Waals surface area contributed by atoms with Gasteiger partial charge in [0.2, 0.25) is 0 Å². The van der Waals surface area contributed by atoms with Gasteiger partial charge in [-0.25, -0.2) is 4.57 Å². The third kappa shape index (κ3) is 7.78. The summed E-state index contributed by atoms with van der Waals surface area (Å²) < 4.78 is 61.5. The molecule has 0 heterocycles. The third-order valence-corrected chi connectivity index (χ3v) is 6.11. The number of nitrogens with two attached hydrogens (primary N) is 1. The van der Waals surface area contributed by atoms with Gasteiger partial charge in [0.1, 0.15) is 5.75 Å². The number of aliphatic hydroxyl groups is 1. The summed E-state index contributed by atoms with van der Waals surface area (Å²) in [4.78, 5) is 0. The molecule has 0 amide bonds. The van der Waals surface area contributed by atoms with Gasteiger partial charge in [-0.2, -0.15) is 13.2 Å². The number of hydrogen-bond donors (Lipinski definition) is 2. The SMILES string of the molecule is NC(CO)(CCc1ccc(OCCCc2ccc(C3CC3)cc2)c(C(F)(F)F)c1)COP=O. The molecule has 2 aromatic carbocycles. The molecule has 0 bridgehead atoms. The van der Waals surface area contributed by atoms with E-state index in [1.165, 1.54) is 24.5 Å². The van der Waals surface area contributed by atoms with E-state index in [9.17, 15) is 22.8 Å². The Morgan fingerprint density at radius 1 is 1.06 bits per heavy atom. The van der Waals surface area contributed by atoms with Crippen LogP contribution in [0.4, 0.5) is 13.2 Å². The summed E-state index contributed by atoms with van der Waals surface area (Å²) >= 11 is 0. The fraction of sp³-hybridized carbons (Fsp3) is 0.500. The van der Waals surface area contributed by atoms with Gasteiger partial charge >= 0.3 is 14.9 Å². The first-order valence-electron chi connectivity index (χ1n) is 11.0. The second-order valence-corrected chi connectivity index (χ2v) is 9.07. The van der Waals surface area contributed by atoms with E-state index in [1.54, 1.807) is 6.07 Å². The normalized spacial score (nSPS) is 16.0. The van der Waals surface area contributed by atoms with Crippen LogP contribution in [0.3, 0.4) is 0 Å². The maximum atomic E-state index is 13.6. The van der Waals surface area contributed by atoms with Crippen molar-refractivity contribution in [1.82, 2.24) is 0 Å². The van der Waals surface area contributed by atoms with Gasteiger partial charge < -0.3 is 15.6 Å². The van der Waals surface area contributed by atoms with Crippen LogP contribution < -0.4 is 10.5 Å². The van der Waals surface area contributed by atoms with Gasteiger partial charge in [0.25, 0.3) is 0 Å². The van der Waals surface area contributed by atoms with E-state index >= 15 is 0 Å². The van der Waals surface area contributed by atoms with Crippen molar-refractivity contribution >= 4 is 8.69 Å². The highest BCUT2D eigenvalue weighted by molar-refractivity contribution is 7.17. The molecule has 0 spiro atoms. The first-order chi connectivity index (χ1) is 15.7. The van der Waals surface area contributed by atoms with E-state index < -0.39 is 32.6 Å². The molecule has 1 aliphatic carbocycles. The molecule has 3 rings (SSSR count). The minimum absolute atomic E-state index is 0.163. The lowest BCUT2D eigenvalue weighted by molar-refractivity contribution is -0.139. The average Bonchev–Trinajstić information content (AvgIpc) is 3.65. The lowest BCUT2D eigenvalue weighted by Gasteiger charge is -2.25. The Balaban J connectivity index is 1.56. The topological polar surface area (TPSA) is 81.8 Å². The number of aliphatic hydroxyl groups excluding tert-OH is 1. The molecule has 1 saturated carbocycles. The number of ether oxygens (including phenoxy) is 1. The minimum atomic E-state index is -4.56. The van der Waals surface area contributed by atoms with Gasteiger partial charge in [-0.15, -0.1) is 0 Å². The number of hydrogen-bond acceptors (Lipinski definition) is 5. The zero-order valence-electron chi connectivity index (χ0n) is 18.3. The van der Waals surface area contributed by atoms with E-state index in [1.807, 2.05) is 0 Å². The molecule has 9 heteroatoms. The molecule has 180 valence electrons. The van der Waals surface area contributed by atoms with E-state index in [0.717, 1.165) is 18.1 Å². The summed E-state index contributed by atoms with van der Waals surface area (Å²) in [6.45, 7) is -0.445. The van der Waals surface area contributed by atoms with Crippen LogP contribution in [0.15, 0.2) is 42.5 Å². The van der Waals surface area contributed by atoms with Crippen LogP contribution in [0.1, 0.15) is 53.9 Å². The largest absolute Gasteiger partial charge is 0.493 e. The van der Waals surface area contributed by atoms with Crippen LogP contribution in [0.5, 0.6) is 5.75 Å². The fourth-order valence-corrected chi connectivity index (χ4v) is 3.97. The van der Waals surface area contributed by atoms with Crippen molar-refractivity contribution in [2.75, 3.05) is 19.8 Å². The Hall–Kier alpha value is -1.99. The number of halogens is 3. The van der Waals surface area contributed by atoms with Gasteiger partial charge in [0.15, 0.2) is 0 Å². The zero-order chi connectivity index (χ0) is 23.9. The first-order valence-corrected chi connectivity index (χ1v) is 11.7. The maximum Gasteiger partial charge on any atom is 0.419 e. The van der Waals surface area contributed by atoms with Crippen LogP contribution in [-0.2, 0) is 28.1 Å². The predicted octanol–water partition coefficient (Wildman–Crippen LogP) is 5.44. The molecular weight excluding hydrogens is 454 g/mol. The van der Waals surface area contributed by atoms with Gasteiger partial charge in [0, 0.05) is 0 Å². The molecule has 0 saturated heterocycles. The van der Waals surface area contributed by atoms with E-state index in [-0.39, 0.29) is 31.8 Å². The smallest absolute Gasteiger partial charge is 0.419 e. The average molecular weight is 483 g/mol. The Morgan fingerprint density at radius 3 is 2.36 bits per heavy atom. The van der Waals surface area contributed by atoms with Crippen molar-refractivity contribution in [2.45, 2.75) is 56.2 Å². The highest BCUT2D eigenvalue weighted by atomic mass is 31.1. The number of benzene rings is 2. The lowest BCUT2D eigenvalue weighted by atomic mass is 9.93. The Morgan fingerprint density at radius 2 is 1.76 bits per heavy atom. The molecule has 2 aromatic rings. The van der Waals surface area contributed by atoms with Crippen LogP contribution in [0.2, 0.25) is 0 Å². The van der Waals surface area contributed by atoms with Crippen molar-refractivity contribution in [3.05, 3.63) is 64.7 Å². The second-order valence-electron chi connectivity index (χ2n) is 8.66. The summed E-state index contributed by atoms with van der Waals surface area (Å²) in [5.74, 6) is 0.492. The maximum absolute atomic E-state index is 13.6. The minimum Gasteiger partial charge on any atom is -0.493 e. The lowest BCUT2D eigenvalue weighted by Crippen LogP contribution is -2.47. The monoisotopic (exact) mass is 483 g/mol. The molecule has 3 N–H and O–H groups in total. The van der Waals surface area contributed by atoms with Crippen LogP contribution in [0.25, 0.3) is 0 Å². The molecule has 1 aliphatic rings. The summed E-state index contributed by atoms with van der Waals surface area (Å²) in [6, 6.07) is 12.4. The summed E-state index contributed by atoms with van der Waals surface area (Å²) in [5.41, 5.74) is 6.85. The first kappa shape index (κ1) is 25.6. The van der Waals surface area contributed by atoms with Gasteiger partial charge in [-0.1, -0.05) is 30.3 Å². The highest BCUT2D eigenvalue weighted by Crippen LogP contribution is 2.40. The van der Waals surface area contributed by atoms with Crippen molar-refractivity contribution in [2.24, 2.45) is 5.73 Å². The summed E-state index contributed by atoms with van der Waals surface area (Å²) in [5, 5.41) is 9.45.